The third-order valence-electron chi connectivity index (χ3n) is 5.07. The largest absolute Gasteiger partial charge is 0.356 e. The number of H-pyrrole nitrogens is 2. The number of nitrogens with one attached hydrogen (secondary N) is 3. The average Bonchev–Trinajstić information content (AvgIpc) is 2.72. The van der Waals surface area contributed by atoms with Crippen molar-refractivity contribution in [2.75, 3.05) is 33.2 Å². The van der Waals surface area contributed by atoms with Gasteiger partial charge in [0.15, 0.2) is 0 Å². The van der Waals surface area contributed by atoms with Crippen molar-refractivity contribution >= 4 is 11.8 Å². The second-order valence-electron chi connectivity index (χ2n) is 6.46. The van der Waals surface area contributed by atoms with Gasteiger partial charge in [-0.2, -0.15) is 0 Å². The van der Waals surface area contributed by atoms with Crippen LogP contribution in [0.25, 0.3) is 0 Å². The van der Waals surface area contributed by atoms with Crippen LogP contribution in [0.5, 0.6) is 0 Å². The number of hydrogen-bond acceptors (Lipinski definition) is 5. The van der Waals surface area contributed by atoms with Crippen molar-refractivity contribution in [1.29, 1.82) is 0 Å². The van der Waals surface area contributed by atoms with E-state index in [1.54, 1.807) is 4.90 Å². The number of piperazine rings is 1. The number of rotatable bonds is 1. The lowest BCUT2D eigenvalue weighted by atomic mass is 9.86. The van der Waals surface area contributed by atoms with Crippen LogP contribution in [0.15, 0.2) is 15.8 Å². The van der Waals surface area contributed by atoms with E-state index in [2.05, 4.69) is 20.2 Å². The maximum absolute atomic E-state index is 12.7. The highest BCUT2D eigenvalue weighted by Crippen LogP contribution is 2.30. The lowest BCUT2D eigenvalue weighted by Gasteiger charge is -2.49. The maximum Gasteiger partial charge on any atom is 0.325 e. The van der Waals surface area contributed by atoms with Gasteiger partial charge in [0, 0.05) is 44.3 Å². The van der Waals surface area contributed by atoms with Gasteiger partial charge >= 0.3 is 5.69 Å². The second-order valence-corrected chi connectivity index (χ2v) is 6.46. The molecule has 0 aliphatic carbocycles. The Hall–Kier alpha value is -2.42. The first-order valence-corrected chi connectivity index (χ1v) is 8.00. The van der Waals surface area contributed by atoms with Gasteiger partial charge in [-0.15, -0.1) is 0 Å². The Labute approximate surface area is 138 Å². The molecule has 2 amide bonds. The molecule has 3 rings (SSSR count). The van der Waals surface area contributed by atoms with Crippen LogP contribution in [0.3, 0.4) is 0 Å². The summed E-state index contributed by atoms with van der Waals surface area (Å²) >= 11 is 0. The first kappa shape index (κ1) is 16.4. The van der Waals surface area contributed by atoms with Gasteiger partial charge in [0.1, 0.15) is 5.56 Å². The molecule has 1 atom stereocenters. The topological polar surface area (TPSA) is 118 Å². The summed E-state index contributed by atoms with van der Waals surface area (Å²) in [5, 5.41) is 2.86. The molecule has 9 heteroatoms. The van der Waals surface area contributed by atoms with Crippen LogP contribution in [0.2, 0.25) is 0 Å². The standard InChI is InChI=1S/C15H21N5O4/c1-19-6-7-20(9-15(19)3-2-11(21)16-5-4-15)13(23)10-8-17-14(24)18-12(10)22/h8H,2-7,9H2,1H3,(H,16,21)(H2,17,18,22,24). The van der Waals surface area contributed by atoms with Gasteiger partial charge in [0.25, 0.3) is 11.5 Å². The summed E-state index contributed by atoms with van der Waals surface area (Å²) in [6.45, 7) is 2.19. The molecule has 0 aromatic carbocycles. The number of aromatic nitrogens is 2. The lowest BCUT2D eigenvalue weighted by molar-refractivity contribution is -0.121. The highest BCUT2D eigenvalue weighted by atomic mass is 16.2. The molecule has 2 saturated heterocycles. The molecule has 1 aromatic heterocycles. The summed E-state index contributed by atoms with van der Waals surface area (Å²) in [6.07, 6.45) is 3.00. The van der Waals surface area contributed by atoms with E-state index in [0.29, 0.717) is 39.0 Å². The first-order valence-electron chi connectivity index (χ1n) is 8.00. The molecule has 9 nitrogen and oxygen atoms in total. The van der Waals surface area contributed by atoms with Crippen molar-refractivity contribution in [3.8, 4) is 0 Å². The number of nitrogens with zero attached hydrogens (tertiary/aromatic N) is 2. The van der Waals surface area contributed by atoms with Crippen LogP contribution < -0.4 is 16.6 Å². The number of carbonyl (C=O) groups is 2. The zero-order chi connectivity index (χ0) is 17.3. The van der Waals surface area contributed by atoms with E-state index in [-0.39, 0.29) is 17.0 Å². The monoisotopic (exact) mass is 335 g/mol. The minimum atomic E-state index is -0.686. The molecule has 0 bridgehead atoms. The normalized spacial score (nSPS) is 25.4. The van der Waals surface area contributed by atoms with Crippen molar-refractivity contribution in [3.63, 3.8) is 0 Å². The summed E-state index contributed by atoms with van der Waals surface area (Å²) in [4.78, 5) is 55.6. The SMILES string of the molecule is CN1CCN(C(=O)c2c[nH]c(=O)[nH]c2=O)CC12CCNC(=O)CC2. The summed E-state index contributed by atoms with van der Waals surface area (Å²) in [6, 6.07) is 0. The highest BCUT2D eigenvalue weighted by molar-refractivity contribution is 5.93. The fourth-order valence-corrected chi connectivity index (χ4v) is 3.51. The summed E-state index contributed by atoms with van der Waals surface area (Å²) in [5.41, 5.74) is -1.67. The van der Waals surface area contributed by atoms with Crippen LogP contribution in [-0.2, 0) is 4.79 Å². The predicted octanol–water partition coefficient (Wildman–Crippen LogP) is -1.51. The average molecular weight is 335 g/mol. The van der Waals surface area contributed by atoms with Crippen molar-refractivity contribution in [1.82, 2.24) is 25.1 Å². The van der Waals surface area contributed by atoms with Crippen molar-refractivity contribution in [3.05, 3.63) is 32.6 Å². The summed E-state index contributed by atoms with van der Waals surface area (Å²) in [7, 11) is 2.00. The second kappa shape index (κ2) is 6.23. The Morgan fingerprint density at radius 3 is 2.75 bits per heavy atom. The Kier molecular flexibility index (Phi) is 4.27. The van der Waals surface area contributed by atoms with E-state index in [1.807, 2.05) is 7.05 Å². The van der Waals surface area contributed by atoms with Crippen LogP contribution in [0.1, 0.15) is 29.6 Å². The molecule has 1 aromatic rings. The molecule has 2 aliphatic heterocycles. The molecule has 24 heavy (non-hydrogen) atoms. The Morgan fingerprint density at radius 2 is 2.00 bits per heavy atom. The van der Waals surface area contributed by atoms with E-state index in [1.165, 1.54) is 0 Å². The maximum atomic E-state index is 12.7. The zero-order valence-corrected chi connectivity index (χ0v) is 13.6. The predicted molar refractivity (Wildman–Crippen MR) is 85.8 cm³/mol. The Morgan fingerprint density at radius 1 is 1.21 bits per heavy atom. The highest BCUT2D eigenvalue weighted by Gasteiger charge is 2.42. The Balaban J connectivity index is 1.84. The number of aromatic amines is 2. The van der Waals surface area contributed by atoms with Gasteiger partial charge < -0.3 is 15.2 Å². The summed E-state index contributed by atoms with van der Waals surface area (Å²) in [5.74, 6) is -0.371. The van der Waals surface area contributed by atoms with Gasteiger partial charge in [-0.25, -0.2) is 4.79 Å². The van der Waals surface area contributed by atoms with Crippen LogP contribution >= 0.6 is 0 Å². The molecule has 130 valence electrons. The fourth-order valence-electron chi connectivity index (χ4n) is 3.51. The van der Waals surface area contributed by atoms with Crippen molar-refractivity contribution in [2.45, 2.75) is 24.8 Å². The van der Waals surface area contributed by atoms with Crippen LogP contribution in [0.4, 0.5) is 0 Å². The van der Waals surface area contributed by atoms with Crippen LogP contribution in [0, 0.1) is 0 Å². The van der Waals surface area contributed by atoms with Gasteiger partial charge in [0.2, 0.25) is 5.91 Å². The molecule has 1 spiro atoms. The molecular weight excluding hydrogens is 314 g/mol. The summed E-state index contributed by atoms with van der Waals surface area (Å²) < 4.78 is 0. The first-order chi connectivity index (χ1) is 11.4. The quantitative estimate of drug-likeness (QED) is 0.577. The van der Waals surface area contributed by atoms with Crippen LogP contribution in [-0.4, -0.2) is 70.3 Å². The minimum absolute atomic E-state index is 0.0285. The number of carbonyl (C=O) groups excluding carboxylic acids is 2. The smallest absolute Gasteiger partial charge is 0.325 e. The third kappa shape index (κ3) is 2.99. The molecule has 1 unspecified atom stereocenters. The lowest BCUT2D eigenvalue weighted by Crippen LogP contribution is -2.62. The number of amides is 2. The van der Waals surface area contributed by atoms with Crippen molar-refractivity contribution < 1.29 is 9.59 Å². The van der Waals surface area contributed by atoms with Crippen molar-refractivity contribution in [2.24, 2.45) is 0 Å². The molecule has 0 saturated carbocycles. The van der Waals surface area contributed by atoms with Gasteiger partial charge in [-0.1, -0.05) is 0 Å². The van der Waals surface area contributed by atoms with E-state index in [4.69, 9.17) is 0 Å². The van der Waals surface area contributed by atoms with E-state index >= 15 is 0 Å². The van der Waals surface area contributed by atoms with Gasteiger partial charge in [-0.3, -0.25) is 24.3 Å². The zero-order valence-electron chi connectivity index (χ0n) is 13.6. The fraction of sp³-hybridized carbons (Fsp3) is 0.600. The number of likely N-dealkylation sites (N-methyl/N-ethyl adjacent to an activating group) is 1. The molecule has 0 radical (unpaired) electrons. The molecular formula is C15H21N5O4. The van der Waals surface area contributed by atoms with Gasteiger partial charge in [-0.05, 0) is 19.9 Å². The van der Waals surface area contributed by atoms with Gasteiger partial charge in [0.05, 0.1) is 0 Å². The third-order valence-corrected chi connectivity index (χ3v) is 5.07. The molecule has 2 aliphatic rings. The van der Waals surface area contributed by atoms with E-state index in [0.717, 1.165) is 12.6 Å². The van der Waals surface area contributed by atoms with E-state index < -0.39 is 17.2 Å². The Bertz CT molecular complexity index is 770. The van der Waals surface area contributed by atoms with E-state index in [9.17, 15) is 19.2 Å². The molecule has 3 N–H and O–H groups in total. The molecule has 3 heterocycles. The number of hydrogen-bond donors (Lipinski definition) is 3. The minimum Gasteiger partial charge on any atom is -0.356 e. The molecule has 2 fully saturated rings.